The maximum Gasteiger partial charge on any atom is 0.0410 e. The third-order valence-electron chi connectivity index (χ3n) is 3.71. The minimum absolute atomic E-state index is 0.212. The van der Waals surface area contributed by atoms with Crippen LogP contribution in [0.2, 0.25) is 5.02 Å². The number of nitrogens with one attached hydrogen (secondary N) is 1. The second-order valence-electron chi connectivity index (χ2n) is 6.66. The molecule has 0 aromatic heterocycles. The highest BCUT2D eigenvalue weighted by atomic mass is 35.5. The zero-order chi connectivity index (χ0) is 14.0. The molecule has 106 valence electrons. The number of anilines is 1. The Hall–Kier alpha value is -0.730. The van der Waals surface area contributed by atoms with Crippen molar-refractivity contribution in [1.82, 2.24) is 5.32 Å². The fraction of sp³-hybridized carbons (Fsp3) is 0.625. The van der Waals surface area contributed by atoms with Crippen LogP contribution in [0.15, 0.2) is 18.2 Å². The molecular formula is C16H25ClN2. The third-order valence-corrected chi connectivity index (χ3v) is 3.94. The first-order valence-corrected chi connectivity index (χ1v) is 7.49. The smallest absolute Gasteiger partial charge is 0.0410 e. The van der Waals surface area contributed by atoms with Crippen LogP contribution in [0, 0.1) is 12.8 Å². The molecule has 1 aromatic rings. The van der Waals surface area contributed by atoms with Crippen molar-refractivity contribution >= 4 is 17.3 Å². The van der Waals surface area contributed by atoms with Gasteiger partial charge in [0, 0.05) is 35.9 Å². The molecule has 0 saturated carbocycles. The number of benzene rings is 1. The van der Waals surface area contributed by atoms with Crippen molar-refractivity contribution in [2.24, 2.45) is 5.92 Å². The van der Waals surface area contributed by atoms with Gasteiger partial charge in [0.2, 0.25) is 0 Å². The van der Waals surface area contributed by atoms with Gasteiger partial charge in [-0.2, -0.15) is 0 Å². The van der Waals surface area contributed by atoms with Crippen LogP contribution in [0.4, 0.5) is 5.69 Å². The molecule has 2 nitrogen and oxygen atoms in total. The van der Waals surface area contributed by atoms with Crippen molar-refractivity contribution in [3.05, 3.63) is 28.8 Å². The Labute approximate surface area is 122 Å². The lowest BCUT2D eigenvalue weighted by molar-refractivity contribution is 0.383. The van der Waals surface area contributed by atoms with Crippen LogP contribution in [-0.4, -0.2) is 25.2 Å². The van der Waals surface area contributed by atoms with Gasteiger partial charge in [-0.1, -0.05) is 11.6 Å². The molecule has 1 aromatic carbocycles. The molecule has 1 N–H and O–H groups in total. The third kappa shape index (κ3) is 4.12. The predicted octanol–water partition coefficient (Wildman–Crippen LogP) is 3.86. The van der Waals surface area contributed by atoms with Gasteiger partial charge in [-0.25, -0.2) is 0 Å². The Bertz CT molecular complexity index is 437. The molecule has 1 fully saturated rings. The van der Waals surface area contributed by atoms with Crippen molar-refractivity contribution in [3.63, 3.8) is 0 Å². The van der Waals surface area contributed by atoms with E-state index in [9.17, 15) is 0 Å². The van der Waals surface area contributed by atoms with E-state index in [1.807, 2.05) is 6.07 Å². The molecule has 1 heterocycles. The molecule has 2 rings (SSSR count). The molecule has 0 aliphatic carbocycles. The van der Waals surface area contributed by atoms with Crippen LogP contribution >= 0.6 is 11.6 Å². The molecule has 0 bridgehead atoms. The normalized spacial score (nSPS) is 20.1. The number of rotatable bonds is 3. The summed E-state index contributed by atoms with van der Waals surface area (Å²) in [5, 5.41) is 4.44. The Morgan fingerprint density at radius 1 is 1.37 bits per heavy atom. The molecule has 1 saturated heterocycles. The highest BCUT2D eigenvalue weighted by Crippen LogP contribution is 2.28. The summed E-state index contributed by atoms with van der Waals surface area (Å²) in [7, 11) is 0. The molecule has 0 spiro atoms. The van der Waals surface area contributed by atoms with E-state index < -0.39 is 0 Å². The Morgan fingerprint density at radius 3 is 2.74 bits per heavy atom. The van der Waals surface area contributed by atoms with E-state index in [2.05, 4.69) is 50.0 Å². The second-order valence-corrected chi connectivity index (χ2v) is 7.10. The first kappa shape index (κ1) is 14.7. The Morgan fingerprint density at radius 2 is 2.11 bits per heavy atom. The first-order valence-electron chi connectivity index (χ1n) is 7.11. The summed E-state index contributed by atoms with van der Waals surface area (Å²) in [5.41, 5.74) is 2.82. The van der Waals surface area contributed by atoms with E-state index in [0.29, 0.717) is 0 Å². The lowest BCUT2D eigenvalue weighted by Gasteiger charge is -2.24. The van der Waals surface area contributed by atoms with E-state index in [4.69, 9.17) is 11.6 Å². The fourth-order valence-electron chi connectivity index (χ4n) is 2.64. The van der Waals surface area contributed by atoms with E-state index in [0.717, 1.165) is 30.6 Å². The molecule has 1 aliphatic rings. The molecule has 1 unspecified atom stereocenters. The summed E-state index contributed by atoms with van der Waals surface area (Å²) in [5.74, 6) is 0.745. The molecule has 1 aliphatic heterocycles. The van der Waals surface area contributed by atoms with E-state index in [1.165, 1.54) is 17.7 Å². The highest BCUT2D eigenvalue weighted by Gasteiger charge is 2.24. The van der Waals surface area contributed by atoms with Crippen molar-refractivity contribution in [3.8, 4) is 0 Å². The summed E-state index contributed by atoms with van der Waals surface area (Å²) < 4.78 is 0. The van der Waals surface area contributed by atoms with Gasteiger partial charge in [-0.15, -0.1) is 0 Å². The molecular weight excluding hydrogens is 256 g/mol. The predicted molar refractivity (Wildman–Crippen MR) is 84.3 cm³/mol. The topological polar surface area (TPSA) is 15.3 Å². The van der Waals surface area contributed by atoms with Crippen LogP contribution in [-0.2, 0) is 0 Å². The second kappa shape index (κ2) is 5.72. The van der Waals surface area contributed by atoms with Crippen LogP contribution < -0.4 is 10.2 Å². The maximum absolute atomic E-state index is 6.02. The van der Waals surface area contributed by atoms with Crippen molar-refractivity contribution < 1.29 is 0 Å². The Balaban J connectivity index is 1.94. The Kier molecular flexibility index (Phi) is 4.42. The van der Waals surface area contributed by atoms with Crippen LogP contribution in [0.1, 0.15) is 32.8 Å². The number of halogens is 1. The average molecular weight is 281 g/mol. The van der Waals surface area contributed by atoms with Crippen LogP contribution in [0.25, 0.3) is 0 Å². The lowest BCUT2D eigenvalue weighted by Crippen LogP contribution is -2.39. The summed E-state index contributed by atoms with van der Waals surface area (Å²) in [4.78, 5) is 2.49. The fourth-order valence-corrected chi connectivity index (χ4v) is 2.87. The average Bonchev–Trinajstić information content (AvgIpc) is 2.74. The number of hydrogen-bond acceptors (Lipinski definition) is 2. The van der Waals surface area contributed by atoms with Crippen molar-refractivity contribution in [2.45, 2.75) is 39.7 Å². The number of hydrogen-bond donors (Lipinski definition) is 1. The minimum Gasteiger partial charge on any atom is -0.371 e. The molecule has 1 atom stereocenters. The van der Waals surface area contributed by atoms with Crippen LogP contribution in [0.3, 0.4) is 0 Å². The van der Waals surface area contributed by atoms with Gasteiger partial charge in [0.05, 0.1) is 0 Å². The molecule has 19 heavy (non-hydrogen) atoms. The quantitative estimate of drug-likeness (QED) is 0.904. The summed E-state index contributed by atoms with van der Waals surface area (Å²) in [6, 6.07) is 6.19. The zero-order valence-electron chi connectivity index (χ0n) is 12.5. The zero-order valence-corrected chi connectivity index (χ0v) is 13.2. The molecule has 0 amide bonds. The summed E-state index contributed by atoms with van der Waals surface area (Å²) in [6.07, 6.45) is 1.27. The largest absolute Gasteiger partial charge is 0.371 e. The molecule has 0 radical (unpaired) electrons. The van der Waals surface area contributed by atoms with Gasteiger partial charge in [0.25, 0.3) is 0 Å². The van der Waals surface area contributed by atoms with E-state index in [-0.39, 0.29) is 5.54 Å². The minimum atomic E-state index is 0.212. The van der Waals surface area contributed by atoms with Crippen LogP contribution in [0.5, 0.6) is 0 Å². The summed E-state index contributed by atoms with van der Waals surface area (Å²) >= 11 is 6.02. The SMILES string of the molecule is Cc1cc(Cl)ccc1N1CCC(CNC(C)(C)C)C1. The summed E-state index contributed by atoms with van der Waals surface area (Å²) in [6.45, 7) is 12.2. The molecule has 3 heteroatoms. The lowest BCUT2D eigenvalue weighted by atomic mass is 10.1. The monoisotopic (exact) mass is 280 g/mol. The number of nitrogens with zero attached hydrogens (tertiary/aromatic N) is 1. The van der Waals surface area contributed by atoms with E-state index >= 15 is 0 Å². The number of aryl methyl sites for hydroxylation is 1. The maximum atomic E-state index is 6.02. The highest BCUT2D eigenvalue weighted by molar-refractivity contribution is 6.30. The van der Waals surface area contributed by atoms with E-state index in [1.54, 1.807) is 0 Å². The van der Waals surface area contributed by atoms with Gasteiger partial charge in [-0.05, 0) is 63.8 Å². The first-order chi connectivity index (χ1) is 8.85. The van der Waals surface area contributed by atoms with Gasteiger partial charge in [0.15, 0.2) is 0 Å². The van der Waals surface area contributed by atoms with Crippen molar-refractivity contribution in [2.75, 3.05) is 24.5 Å². The van der Waals surface area contributed by atoms with Gasteiger partial charge in [0.1, 0.15) is 0 Å². The van der Waals surface area contributed by atoms with Crippen molar-refractivity contribution in [1.29, 1.82) is 0 Å². The standard InChI is InChI=1S/C16H25ClN2/c1-12-9-14(17)5-6-15(12)19-8-7-13(11-19)10-18-16(2,3)4/h5-6,9,13,18H,7-8,10-11H2,1-4H3. The van der Waals surface area contributed by atoms with Gasteiger partial charge >= 0.3 is 0 Å². The van der Waals surface area contributed by atoms with Gasteiger partial charge < -0.3 is 10.2 Å². The van der Waals surface area contributed by atoms with Gasteiger partial charge in [-0.3, -0.25) is 0 Å².